The zero-order valence-corrected chi connectivity index (χ0v) is 13.0. The van der Waals surface area contributed by atoms with Crippen LogP contribution in [0.5, 0.6) is 0 Å². The summed E-state index contributed by atoms with van der Waals surface area (Å²) in [6, 6.07) is 10.7. The van der Waals surface area contributed by atoms with Gasteiger partial charge in [-0.3, -0.25) is 4.68 Å². The van der Waals surface area contributed by atoms with Gasteiger partial charge in [-0.2, -0.15) is 5.10 Å². The largest absolute Gasteiger partial charge is 0.324 e. The molecule has 1 atom stereocenters. The minimum atomic E-state index is 0.0728. The molecule has 0 spiro atoms. The monoisotopic (exact) mass is 321 g/mol. The van der Waals surface area contributed by atoms with Crippen LogP contribution in [0.25, 0.3) is 0 Å². The van der Waals surface area contributed by atoms with Gasteiger partial charge < -0.3 is 5.73 Å². The third kappa shape index (κ3) is 3.45. The Hall–Kier alpha value is -1.13. The lowest BCUT2D eigenvalue weighted by atomic mass is 10.0. The molecule has 0 saturated carbocycles. The number of hydrogen-bond donors (Lipinski definition) is 1. The van der Waals surface area contributed by atoms with E-state index < -0.39 is 0 Å². The Labute approximate surface area is 122 Å². The number of aromatic nitrogens is 2. The molecule has 102 valence electrons. The van der Waals surface area contributed by atoms with Gasteiger partial charge in [-0.25, -0.2) is 0 Å². The lowest BCUT2D eigenvalue weighted by Gasteiger charge is -2.15. The molecule has 2 rings (SSSR count). The highest BCUT2D eigenvalue weighted by atomic mass is 79.9. The van der Waals surface area contributed by atoms with Crippen molar-refractivity contribution in [2.24, 2.45) is 5.73 Å². The summed E-state index contributed by atoms with van der Waals surface area (Å²) < 4.78 is 3.13. The molecule has 1 unspecified atom stereocenters. The van der Waals surface area contributed by atoms with Gasteiger partial charge in [-0.1, -0.05) is 30.3 Å². The highest BCUT2D eigenvalue weighted by Gasteiger charge is 2.13. The Bertz CT molecular complexity index is 519. The van der Waals surface area contributed by atoms with Crippen LogP contribution in [0, 0.1) is 0 Å². The summed E-state index contributed by atoms with van der Waals surface area (Å²) in [5.74, 6) is 0. The van der Waals surface area contributed by atoms with Crippen LogP contribution in [0.2, 0.25) is 0 Å². The maximum Gasteiger partial charge on any atom is 0.0635 e. The van der Waals surface area contributed by atoms with E-state index in [9.17, 15) is 0 Å². The first-order valence-electron chi connectivity index (χ1n) is 6.62. The molecule has 1 aromatic carbocycles. The van der Waals surface area contributed by atoms with Gasteiger partial charge in [0.2, 0.25) is 0 Å². The molecule has 0 aliphatic carbocycles. The van der Waals surface area contributed by atoms with Crippen molar-refractivity contribution in [3.8, 4) is 0 Å². The fourth-order valence-electron chi connectivity index (χ4n) is 2.20. The lowest BCUT2D eigenvalue weighted by molar-refractivity contribution is 0.497. The van der Waals surface area contributed by atoms with Gasteiger partial charge in [-0.15, -0.1) is 0 Å². The van der Waals surface area contributed by atoms with E-state index in [4.69, 9.17) is 5.73 Å². The molecule has 0 saturated heterocycles. The van der Waals surface area contributed by atoms with Crippen LogP contribution in [0.3, 0.4) is 0 Å². The van der Waals surface area contributed by atoms with E-state index in [-0.39, 0.29) is 6.04 Å². The van der Waals surface area contributed by atoms with Gasteiger partial charge >= 0.3 is 0 Å². The van der Waals surface area contributed by atoms with Crippen LogP contribution >= 0.6 is 15.9 Å². The smallest absolute Gasteiger partial charge is 0.0635 e. The lowest BCUT2D eigenvalue weighted by Crippen LogP contribution is -2.14. The van der Waals surface area contributed by atoms with Crippen molar-refractivity contribution >= 4 is 15.9 Å². The second-order valence-corrected chi connectivity index (χ2v) is 5.89. The van der Waals surface area contributed by atoms with Crippen LogP contribution < -0.4 is 5.73 Å². The SMILES string of the molecule is CC(C)n1ncc(Br)c1CCC(N)c1ccccc1. The van der Waals surface area contributed by atoms with Crippen LogP contribution in [-0.2, 0) is 6.42 Å². The Morgan fingerprint density at radius 1 is 1.26 bits per heavy atom. The molecule has 4 heteroatoms. The summed E-state index contributed by atoms with van der Waals surface area (Å²) in [5, 5.41) is 4.39. The predicted octanol–water partition coefficient (Wildman–Crippen LogP) is 3.86. The molecule has 0 radical (unpaired) electrons. The first kappa shape index (κ1) is 14.3. The molecule has 2 aromatic rings. The van der Waals surface area contributed by atoms with Gasteiger partial charge in [0, 0.05) is 12.1 Å². The van der Waals surface area contributed by atoms with Gasteiger partial charge in [0.25, 0.3) is 0 Å². The first-order valence-corrected chi connectivity index (χ1v) is 7.41. The minimum absolute atomic E-state index is 0.0728. The molecule has 19 heavy (non-hydrogen) atoms. The van der Waals surface area contributed by atoms with E-state index in [1.54, 1.807) is 0 Å². The summed E-state index contributed by atoms with van der Waals surface area (Å²) in [7, 11) is 0. The summed E-state index contributed by atoms with van der Waals surface area (Å²) in [6.45, 7) is 4.28. The van der Waals surface area contributed by atoms with E-state index in [1.165, 1.54) is 11.3 Å². The molecule has 1 aromatic heterocycles. The maximum absolute atomic E-state index is 6.24. The number of hydrogen-bond acceptors (Lipinski definition) is 2. The van der Waals surface area contributed by atoms with Crippen molar-refractivity contribution < 1.29 is 0 Å². The molecule has 0 aliphatic rings. The molecule has 1 heterocycles. The average Bonchev–Trinajstić information content (AvgIpc) is 2.78. The molecule has 0 aliphatic heterocycles. The van der Waals surface area contributed by atoms with Crippen LogP contribution in [-0.4, -0.2) is 9.78 Å². The predicted molar refractivity (Wildman–Crippen MR) is 82.0 cm³/mol. The van der Waals surface area contributed by atoms with Crippen LogP contribution in [0.4, 0.5) is 0 Å². The summed E-state index contributed by atoms with van der Waals surface area (Å²) in [5.41, 5.74) is 8.66. The molecular formula is C15H20BrN3. The Morgan fingerprint density at radius 2 is 1.95 bits per heavy atom. The highest BCUT2D eigenvalue weighted by Crippen LogP contribution is 2.23. The Balaban J connectivity index is 2.05. The first-order chi connectivity index (χ1) is 9.09. The summed E-state index contributed by atoms with van der Waals surface area (Å²) in [6.07, 6.45) is 3.71. The number of halogens is 1. The fraction of sp³-hybridized carbons (Fsp3) is 0.400. The topological polar surface area (TPSA) is 43.8 Å². The highest BCUT2D eigenvalue weighted by molar-refractivity contribution is 9.10. The third-order valence-electron chi connectivity index (χ3n) is 3.26. The van der Waals surface area contributed by atoms with Crippen molar-refractivity contribution in [3.05, 3.63) is 52.3 Å². The van der Waals surface area contributed by atoms with Crippen molar-refractivity contribution in [1.29, 1.82) is 0 Å². The molecule has 0 fully saturated rings. The number of benzene rings is 1. The van der Waals surface area contributed by atoms with Crippen molar-refractivity contribution in [2.45, 2.75) is 38.8 Å². The van der Waals surface area contributed by atoms with E-state index >= 15 is 0 Å². The van der Waals surface area contributed by atoms with Crippen molar-refractivity contribution in [3.63, 3.8) is 0 Å². The third-order valence-corrected chi connectivity index (χ3v) is 3.92. The quantitative estimate of drug-likeness (QED) is 0.908. The number of nitrogens with two attached hydrogens (primary N) is 1. The fourth-order valence-corrected chi connectivity index (χ4v) is 2.68. The Morgan fingerprint density at radius 3 is 2.58 bits per heavy atom. The normalized spacial score (nSPS) is 12.9. The number of rotatable bonds is 5. The van der Waals surface area contributed by atoms with E-state index in [0.29, 0.717) is 6.04 Å². The van der Waals surface area contributed by atoms with E-state index in [2.05, 4.69) is 51.7 Å². The second kappa shape index (κ2) is 6.35. The second-order valence-electron chi connectivity index (χ2n) is 5.03. The molecule has 0 bridgehead atoms. The minimum Gasteiger partial charge on any atom is -0.324 e. The van der Waals surface area contributed by atoms with Gasteiger partial charge in [0.05, 0.1) is 16.4 Å². The zero-order valence-electron chi connectivity index (χ0n) is 11.4. The van der Waals surface area contributed by atoms with Gasteiger partial charge in [0.15, 0.2) is 0 Å². The molecule has 2 N–H and O–H groups in total. The summed E-state index contributed by atoms with van der Waals surface area (Å²) in [4.78, 5) is 0. The van der Waals surface area contributed by atoms with E-state index in [1.807, 2.05) is 24.4 Å². The Kier molecular flexibility index (Phi) is 4.77. The van der Waals surface area contributed by atoms with Crippen molar-refractivity contribution in [1.82, 2.24) is 9.78 Å². The van der Waals surface area contributed by atoms with Crippen molar-refractivity contribution in [2.75, 3.05) is 0 Å². The standard InChI is InChI=1S/C15H20BrN3/c1-11(2)19-15(13(16)10-18-19)9-8-14(17)12-6-4-3-5-7-12/h3-7,10-11,14H,8-9,17H2,1-2H3. The number of nitrogens with zero attached hydrogens (tertiary/aromatic N) is 2. The molecule has 0 amide bonds. The average molecular weight is 322 g/mol. The van der Waals surface area contributed by atoms with Gasteiger partial charge in [-0.05, 0) is 48.2 Å². The van der Waals surface area contributed by atoms with Crippen LogP contribution in [0.1, 0.15) is 43.6 Å². The zero-order chi connectivity index (χ0) is 13.8. The molecular weight excluding hydrogens is 302 g/mol. The van der Waals surface area contributed by atoms with Gasteiger partial charge in [0.1, 0.15) is 0 Å². The van der Waals surface area contributed by atoms with Crippen LogP contribution in [0.15, 0.2) is 41.0 Å². The summed E-state index contributed by atoms with van der Waals surface area (Å²) >= 11 is 3.57. The maximum atomic E-state index is 6.24. The van der Waals surface area contributed by atoms with E-state index in [0.717, 1.165) is 17.3 Å². The molecule has 3 nitrogen and oxygen atoms in total.